The van der Waals surface area contributed by atoms with Gasteiger partial charge < -0.3 is 4.74 Å². The Balaban J connectivity index is 2.07. The molecule has 0 spiro atoms. The van der Waals surface area contributed by atoms with Crippen molar-refractivity contribution in [3.05, 3.63) is 35.9 Å². The van der Waals surface area contributed by atoms with Crippen molar-refractivity contribution in [2.24, 2.45) is 0 Å². The van der Waals surface area contributed by atoms with E-state index >= 15 is 0 Å². The molecule has 0 amide bonds. The van der Waals surface area contributed by atoms with Gasteiger partial charge in [0.15, 0.2) is 6.54 Å². The number of ether oxygens (including phenoxy) is 1. The van der Waals surface area contributed by atoms with E-state index in [9.17, 15) is 0 Å². The van der Waals surface area contributed by atoms with Crippen LogP contribution in [0.5, 0.6) is 0 Å². The van der Waals surface area contributed by atoms with Gasteiger partial charge in [0.05, 0.1) is 13.0 Å². The lowest BCUT2D eigenvalue weighted by Gasteiger charge is -2.02. The molecule has 0 radical (unpaired) electrons. The average molecular weight is 204 g/mol. The van der Waals surface area contributed by atoms with Crippen molar-refractivity contribution in [1.82, 2.24) is 0 Å². The predicted molar refractivity (Wildman–Crippen MR) is 61.1 cm³/mol. The molecule has 2 rings (SSSR count). The first-order valence-electron chi connectivity index (χ1n) is 5.67. The molecule has 1 aromatic carbocycles. The van der Waals surface area contributed by atoms with Gasteiger partial charge in [-0.05, 0) is 6.92 Å². The van der Waals surface area contributed by atoms with Crippen LogP contribution in [0, 0.1) is 0 Å². The van der Waals surface area contributed by atoms with Gasteiger partial charge in [-0.15, -0.1) is 0 Å². The topological polar surface area (TPSA) is 12.2 Å². The summed E-state index contributed by atoms with van der Waals surface area (Å²) in [6.07, 6.45) is 2.32. The molecule has 0 atom stereocenters. The summed E-state index contributed by atoms with van der Waals surface area (Å²) in [5, 5.41) is 0. The predicted octanol–water partition coefficient (Wildman–Crippen LogP) is 2.43. The maximum atomic E-state index is 5.63. The van der Waals surface area contributed by atoms with Crippen molar-refractivity contribution in [2.75, 3.05) is 13.2 Å². The lowest BCUT2D eigenvalue weighted by Crippen LogP contribution is -2.17. The first-order chi connectivity index (χ1) is 7.40. The van der Waals surface area contributed by atoms with Crippen LogP contribution < -0.4 is 0 Å². The van der Waals surface area contributed by atoms with Crippen molar-refractivity contribution in [2.45, 2.75) is 26.3 Å². The third-order valence-corrected chi connectivity index (χ3v) is 2.70. The molecule has 0 saturated carbocycles. The van der Waals surface area contributed by atoms with Gasteiger partial charge in [0.1, 0.15) is 6.54 Å². The third kappa shape index (κ3) is 2.58. The van der Waals surface area contributed by atoms with Crippen LogP contribution in [0.15, 0.2) is 30.3 Å². The molecule has 1 heterocycles. The maximum absolute atomic E-state index is 5.63. The smallest absolute Gasteiger partial charge is 0.336 e. The fraction of sp³-hybridized carbons (Fsp3) is 0.462. The van der Waals surface area contributed by atoms with Crippen LogP contribution in [0.25, 0.3) is 0 Å². The van der Waals surface area contributed by atoms with Crippen molar-refractivity contribution >= 4 is 5.90 Å². The summed E-state index contributed by atoms with van der Waals surface area (Å²) in [5.41, 5.74) is 1.36. The molecule has 2 nitrogen and oxygen atoms in total. The van der Waals surface area contributed by atoms with Crippen LogP contribution in [0.1, 0.15) is 25.3 Å². The van der Waals surface area contributed by atoms with Gasteiger partial charge in [-0.25, -0.2) is 0 Å². The Morgan fingerprint density at radius 1 is 1.27 bits per heavy atom. The SMILES string of the molecule is CCOC1=[N+](Cc2ccccc2)CCC1. The summed E-state index contributed by atoms with van der Waals surface area (Å²) in [5.74, 6) is 1.17. The van der Waals surface area contributed by atoms with Crippen LogP contribution >= 0.6 is 0 Å². The fourth-order valence-corrected chi connectivity index (χ4v) is 2.01. The molecule has 0 saturated heterocycles. The average Bonchev–Trinajstić information content (AvgIpc) is 2.68. The molecule has 1 aliphatic heterocycles. The standard InChI is InChI=1S/C13H18NO/c1-2-15-13-9-6-10-14(13)11-12-7-4-3-5-8-12/h3-5,7-8H,2,6,9-11H2,1H3/q+1. The zero-order valence-electron chi connectivity index (χ0n) is 9.28. The van der Waals surface area contributed by atoms with Gasteiger partial charge in [0.2, 0.25) is 0 Å². The van der Waals surface area contributed by atoms with Gasteiger partial charge in [-0.1, -0.05) is 30.3 Å². The van der Waals surface area contributed by atoms with E-state index in [1.165, 1.54) is 17.9 Å². The lowest BCUT2D eigenvalue weighted by atomic mass is 10.2. The van der Waals surface area contributed by atoms with Crippen LogP contribution in [0.2, 0.25) is 0 Å². The van der Waals surface area contributed by atoms with Crippen molar-refractivity contribution in [1.29, 1.82) is 0 Å². The first kappa shape index (κ1) is 10.2. The molecule has 0 aliphatic carbocycles. The maximum Gasteiger partial charge on any atom is 0.336 e. The molecular weight excluding hydrogens is 186 g/mol. The quantitative estimate of drug-likeness (QED) is 0.689. The van der Waals surface area contributed by atoms with E-state index in [4.69, 9.17) is 4.74 Å². The molecule has 2 heteroatoms. The molecular formula is C13H18NO+. The van der Waals surface area contributed by atoms with Gasteiger partial charge in [0.25, 0.3) is 0 Å². The molecule has 1 aromatic rings. The number of hydrogen-bond donors (Lipinski definition) is 0. The third-order valence-electron chi connectivity index (χ3n) is 2.70. The van der Waals surface area contributed by atoms with Gasteiger partial charge in [0, 0.05) is 12.0 Å². The van der Waals surface area contributed by atoms with Crippen LogP contribution in [0.3, 0.4) is 0 Å². The Morgan fingerprint density at radius 2 is 2.07 bits per heavy atom. The van der Waals surface area contributed by atoms with Crippen LogP contribution in [-0.4, -0.2) is 23.6 Å². The molecule has 0 aromatic heterocycles. The highest BCUT2D eigenvalue weighted by Crippen LogP contribution is 2.10. The van der Waals surface area contributed by atoms with Crippen molar-refractivity contribution in [3.8, 4) is 0 Å². The van der Waals surface area contributed by atoms with Gasteiger partial charge in [-0.3, -0.25) is 0 Å². The van der Waals surface area contributed by atoms with E-state index in [2.05, 4.69) is 34.9 Å². The number of benzene rings is 1. The Bertz CT molecular complexity index is 343. The zero-order chi connectivity index (χ0) is 10.5. The van der Waals surface area contributed by atoms with E-state index in [-0.39, 0.29) is 0 Å². The Hall–Kier alpha value is -1.31. The highest BCUT2D eigenvalue weighted by molar-refractivity contribution is 5.71. The normalized spacial score (nSPS) is 15.8. The van der Waals surface area contributed by atoms with Crippen molar-refractivity contribution in [3.63, 3.8) is 0 Å². The highest BCUT2D eigenvalue weighted by atomic mass is 16.5. The van der Waals surface area contributed by atoms with E-state index in [1.54, 1.807) is 0 Å². The second-order valence-electron chi connectivity index (χ2n) is 3.84. The first-order valence-corrected chi connectivity index (χ1v) is 5.67. The van der Waals surface area contributed by atoms with E-state index in [0.29, 0.717) is 0 Å². The number of nitrogens with zero attached hydrogens (tertiary/aromatic N) is 1. The molecule has 80 valence electrons. The zero-order valence-corrected chi connectivity index (χ0v) is 9.28. The Kier molecular flexibility index (Phi) is 3.38. The number of hydrogen-bond acceptors (Lipinski definition) is 1. The van der Waals surface area contributed by atoms with Crippen LogP contribution in [-0.2, 0) is 11.3 Å². The molecule has 0 unspecified atom stereocenters. The second kappa shape index (κ2) is 4.96. The van der Waals surface area contributed by atoms with E-state index in [1.807, 2.05) is 6.92 Å². The molecule has 1 aliphatic rings. The Labute approximate surface area is 91.2 Å². The molecule has 0 fully saturated rings. The lowest BCUT2D eigenvalue weighted by molar-refractivity contribution is -0.543. The van der Waals surface area contributed by atoms with Gasteiger partial charge >= 0.3 is 5.90 Å². The minimum absolute atomic E-state index is 0.778. The summed E-state index contributed by atoms with van der Waals surface area (Å²) < 4.78 is 7.98. The minimum Gasteiger partial charge on any atom is -0.448 e. The van der Waals surface area contributed by atoms with E-state index < -0.39 is 0 Å². The van der Waals surface area contributed by atoms with E-state index in [0.717, 1.165) is 26.1 Å². The monoisotopic (exact) mass is 204 g/mol. The Morgan fingerprint density at radius 3 is 2.80 bits per heavy atom. The highest BCUT2D eigenvalue weighted by Gasteiger charge is 2.23. The van der Waals surface area contributed by atoms with Gasteiger partial charge in [-0.2, -0.15) is 4.58 Å². The van der Waals surface area contributed by atoms with Crippen molar-refractivity contribution < 1.29 is 9.31 Å². The second-order valence-corrected chi connectivity index (χ2v) is 3.84. The summed E-state index contributed by atoms with van der Waals surface area (Å²) in [6.45, 7) is 4.94. The fourth-order valence-electron chi connectivity index (χ4n) is 2.01. The summed E-state index contributed by atoms with van der Waals surface area (Å²) in [4.78, 5) is 0. The number of rotatable bonds is 3. The molecule has 15 heavy (non-hydrogen) atoms. The van der Waals surface area contributed by atoms with Crippen LogP contribution in [0.4, 0.5) is 0 Å². The molecule has 0 bridgehead atoms. The summed E-state index contributed by atoms with van der Waals surface area (Å²) in [7, 11) is 0. The minimum atomic E-state index is 0.778. The largest absolute Gasteiger partial charge is 0.448 e. The molecule has 0 N–H and O–H groups in total. The summed E-state index contributed by atoms with van der Waals surface area (Å²) in [6, 6.07) is 10.6. The summed E-state index contributed by atoms with van der Waals surface area (Å²) >= 11 is 0.